The standard InChI is InChI=1S/C12H14OS/c13-8-12(5-6-12)11-7-9-3-1-2-4-10(9)14-11/h7-8H,1-6H2. The van der Waals surface area contributed by atoms with E-state index in [-0.39, 0.29) is 5.41 Å². The van der Waals surface area contributed by atoms with Crippen molar-refractivity contribution in [1.82, 2.24) is 0 Å². The molecule has 1 heterocycles. The van der Waals surface area contributed by atoms with Crippen LogP contribution in [0.2, 0.25) is 0 Å². The molecule has 1 aromatic rings. The van der Waals surface area contributed by atoms with Crippen LogP contribution in [-0.2, 0) is 23.1 Å². The Morgan fingerprint density at radius 3 is 2.71 bits per heavy atom. The van der Waals surface area contributed by atoms with Crippen molar-refractivity contribution in [3.8, 4) is 0 Å². The SMILES string of the molecule is O=CC1(c2cc3c(s2)CCCC3)CC1. The van der Waals surface area contributed by atoms with Crippen LogP contribution in [0.4, 0.5) is 0 Å². The Morgan fingerprint density at radius 2 is 2.07 bits per heavy atom. The van der Waals surface area contributed by atoms with E-state index in [4.69, 9.17) is 0 Å². The van der Waals surface area contributed by atoms with Gasteiger partial charge in [-0.1, -0.05) is 0 Å². The summed E-state index contributed by atoms with van der Waals surface area (Å²) in [4.78, 5) is 13.9. The van der Waals surface area contributed by atoms with E-state index in [9.17, 15) is 4.79 Å². The Morgan fingerprint density at radius 1 is 1.29 bits per heavy atom. The van der Waals surface area contributed by atoms with Gasteiger partial charge >= 0.3 is 0 Å². The van der Waals surface area contributed by atoms with Crippen LogP contribution in [0.15, 0.2) is 6.07 Å². The van der Waals surface area contributed by atoms with Gasteiger partial charge in [-0.25, -0.2) is 0 Å². The average Bonchev–Trinajstić information content (AvgIpc) is 2.91. The number of fused-ring (bicyclic) bond motifs is 1. The van der Waals surface area contributed by atoms with Crippen LogP contribution < -0.4 is 0 Å². The van der Waals surface area contributed by atoms with Crippen molar-refractivity contribution in [2.45, 2.75) is 43.9 Å². The second-order valence-electron chi connectivity index (χ2n) is 4.54. The van der Waals surface area contributed by atoms with Crippen LogP contribution in [0.25, 0.3) is 0 Å². The Balaban J connectivity index is 2.00. The first-order chi connectivity index (χ1) is 6.84. The van der Waals surface area contributed by atoms with Gasteiger partial charge < -0.3 is 4.79 Å². The van der Waals surface area contributed by atoms with Gasteiger partial charge in [0.25, 0.3) is 0 Å². The number of carbonyl (C=O) groups excluding carboxylic acids is 1. The molecule has 1 nitrogen and oxygen atoms in total. The summed E-state index contributed by atoms with van der Waals surface area (Å²) >= 11 is 1.90. The molecule has 0 bridgehead atoms. The molecule has 0 aromatic carbocycles. The van der Waals surface area contributed by atoms with E-state index in [1.54, 1.807) is 4.88 Å². The van der Waals surface area contributed by atoms with E-state index in [2.05, 4.69) is 6.07 Å². The molecule has 0 amide bonds. The van der Waals surface area contributed by atoms with Crippen molar-refractivity contribution in [2.24, 2.45) is 0 Å². The highest BCUT2D eigenvalue weighted by Gasteiger charge is 2.45. The highest BCUT2D eigenvalue weighted by Crippen LogP contribution is 2.50. The first-order valence-corrected chi connectivity index (χ1v) is 6.24. The number of thiophene rings is 1. The Bertz CT molecular complexity index is 350. The van der Waals surface area contributed by atoms with Gasteiger partial charge in [0.05, 0.1) is 5.41 Å². The fourth-order valence-corrected chi connectivity index (χ4v) is 3.75. The molecule has 0 saturated heterocycles. The molecule has 1 saturated carbocycles. The zero-order chi connectivity index (χ0) is 9.60. The van der Waals surface area contributed by atoms with E-state index in [1.807, 2.05) is 11.3 Å². The molecular weight excluding hydrogens is 192 g/mol. The van der Waals surface area contributed by atoms with Crippen LogP contribution in [0.5, 0.6) is 0 Å². The fraction of sp³-hybridized carbons (Fsp3) is 0.583. The number of aryl methyl sites for hydroxylation is 2. The number of aldehydes is 1. The van der Waals surface area contributed by atoms with E-state index in [0.717, 1.165) is 12.8 Å². The van der Waals surface area contributed by atoms with Crippen molar-refractivity contribution >= 4 is 17.6 Å². The summed E-state index contributed by atoms with van der Waals surface area (Å²) in [7, 11) is 0. The first kappa shape index (κ1) is 8.66. The van der Waals surface area contributed by atoms with Crippen molar-refractivity contribution < 1.29 is 4.79 Å². The Hall–Kier alpha value is -0.630. The lowest BCUT2D eigenvalue weighted by Crippen LogP contribution is -2.04. The summed E-state index contributed by atoms with van der Waals surface area (Å²) in [5.74, 6) is 0. The molecule has 74 valence electrons. The number of rotatable bonds is 2. The maximum atomic E-state index is 11.0. The zero-order valence-electron chi connectivity index (χ0n) is 8.21. The highest BCUT2D eigenvalue weighted by atomic mass is 32.1. The molecule has 0 unspecified atom stereocenters. The topological polar surface area (TPSA) is 17.1 Å². The molecular formula is C12H14OS. The summed E-state index contributed by atoms with van der Waals surface area (Å²) in [6.07, 6.45) is 8.48. The van der Waals surface area contributed by atoms with E-state index < -0.39 is 0 Å². The summed E-state index contributed by atoms with van der Waals surface area (Å²) in [5, 5.41) is 0. The van der Waals surface area contributed by atoms with Crippen molar-refractivity contribution in [1.29, 1.82) is 0 Å². The van der Waals surface area contributed by atoms with Crippen molar-refractivity contribution in [3.63, 3.8) is 0 Å². The van der Waals surface area contributed by atoms with Gasteiger partial charge in [-0.2, -0.15) is 0 Å². The molecule has 1 aromatic heterocycles. The summed E-state index contributed by atoms with van der Waals surface area (Å²) in [6, 6.07) is 2.31. The van der Waals surface area contributed by atoms with Crippen LogP contribution in [0.3, 0.4) is 0 Å². The molecule has 14 heavy (non-hydrogen) atoms. The van der Waals surface area contributed by atoms with E-state index in [0.29, 0.717) is 0 Å². The monoisotopic (exact) mass is 206 g/mol. The molecule has 0 atom stereocenters. The third-order valence-corrected chi connectivity index (χ3v) is 4.96. The van der Waals surface area contributed by atoms with Gasteiger partial charge in [0, 0.05) is 9.75 Å². The first-order valence-electron chi connectivity index (χ1n) is 5.42. The number of hydrogen-bond donors (Lipinski definition) is 0. The summed E-state index contributed by atoms with van der Waals surface area (Å²) in [6.45, 7) is 0. The summed E-state index contributed by atoms with van der Waals surface area (Å²) < 4.78 is 0. The molecule has 3 rings (SSSR count). The normalized spacial score (nSPS) is 22.9. The third-order valence-electron chi connectivity index (χ3n) is 3.50. The second kappa shape index (κ2) is 2.93. The van der Waals surface area contributed by atoms with Gasteiger partial charge in [-0.3, -0.25) is 0 Å². The van der Waals surface area contributed by atoms with Crippen molar-refractivity contribution in [3.05, 3.63) is 21.4 Å². The van der Waals surface area contributed by atoms with Crippen LogP contribution in [0.1, 0.15) is 41.0 Å². The molecule has 0 spiro atoms. The van der Waals surface area contributed by atoms with Crippen LogP contribution >= 0.6 is 11.3 Å². The van der Waals surface area contributed by atoms with Gasteiger partial charge in [-0.05, 0) is 50.2 Å². The molecule has 1 fully saturated rings. The van der Waals surface area contributed by atoms with Gasteiger partial charge in [0.1, 0.15) is 6.29 Å². The smallest absolute Gasteiger partial charge is 0.131 e. The fourth-order valence-electron chi connectivity index (χ4n) is 2.29. The molecule has 0 radical (unpaired) electrons. The maximum Gasteiger partial charge on any atom is 0.131 e. The molecule has 2 aliphatic rings. The molecule has 2 aliphatic carbocycles. The van der Waals surface area contributed by atoms with E-state index >= 15 is 0 Å². The lowest BCUT2D eigenvalue weighted by Gasteiger charge is -2.08. The molecule has 0 aliphatic heterocycles. The van der Waals surface area contributed by atoms with Gasteiger partial charge in [0.2, 0.25) is 0 Å². The molecule has 2 heteroatoms. The lowest BCUT2D eigenvalue weighted by molar-refractivity contribution is -0.109. The summed E-state index contributed by atoms with van der Waals surface area (Å²) in [5.41, 5.74) is 1.49. The van der Waals surface area contributed by atoms with Gasteiger partial charge in [-0.15, -0.1) is 11.3 Å². The highest BCUT2D eigenvalue weighted by molar-refractivity contribution is 7.12. The minimum absolute atomic E-state index is 0.0397. The van der Waals surface area contributed by atoms with Crippen molar-refractivity contribution in [2.75, 3.05) is 0 Å². The number of hydrogen-bond acceptors (Lipinski definition) is 2. The van der Waals surface area contributed by atoms with E-state index in [1.165, 1.54) is 42.4 Å². The minimum Gasteiger partial charge on any atom is -0.302 e. The maximum absolute atomic E-state index is 11.0. The second-order valence-corrected chi connectivity index (χ2v) is 5.68. The van der Waals surface area contributed by atoms with Crippen LogP contribution in [-0.4, -0.2) is 6.29 Å². The predicted octanol–water partition coefficient (Wildman–Crippen LogP) is 2.86. The Kier molecular flexibility index (Phi) is 1.81. The Labute approximate surface area is 88.1 Å². The van der Waals surface area contributed by atoms with Crippen LogP contribution in [0, 0.1) is 0 Å². The quantitative estimate of drug-likeness (QED) is 0.680. The molecule has 0 N–H and O–H groups in total. The predicted molar refractivity (Wildman–Crippen MR) is 57.9 cm³/mol. The largest absolute Gasteiger partial charge is 0.302 e. The minimum atomic E-state index is -0.0397. The third kappa shape index (κ3) is 1.17. The number of carbonyl (C=O) groups is 1. The van der Waals surface area contributed by atoms with Gasteiger partial charge in [0.15, 0.2) is 0 Å². The zero-order valence-corrected chi connectivity index (χ0v) is 9.03. The lowest BCUT2D eigenvalue weighted by atomic mass is 9.97. The average molecular weight is 206 g/mol.